The normalized spacial score (nSPS) is 43.1. The minimum Gasteiger partial charge on any atom is -0.456 e. The number of alkyl halides is 3. The van der Waals surface area contributed by atoms with Crippen molar-refractivity contribution in [3.8, 4) is 0 Å². The summed E-state index contributed by atoms with van der Waals surface area (Å²) >= 11 is 0. The third-order valence-electron chi connectivity index (χ3n) is 11.3. The van der Waals surface area contributed by atoms with Crippen LogP contribution in [-0.4, -0.2) is 18.2 Å². The van der Waals surface area contributed by atoms with Crippen LogP contribution in [0.2, 0.25) is 0 Å². The molecule has 0 saturated heterocycles. The summed E-state index contributed by atoms with van der Waals surface area (Å²) in [6.45, 7) is 12.2. The van der Waals surface area contributed by atoms with Gasteiger partial charge in [0, 0.05) is 0 Å². The molecule has 5 heteroatoms. The van der Waals surface area contributed by atoms with E-state index in [1.807, 2.05) is 0 Å². The van der Waals surface area contributed by atoms with Crippen LogP contribution in [0.15, 0.2) is 0 Å². The fourth-order valence-electron chi connectivity index (χ4n) is 9.57. The Labute approximate surface area is 205 Å². The van der Waals surface area contributed by atoms with Crippen LogP contribution in [0.5, 0.6) is 0 Å². The summed E-state index contributed by atoms with van der Waals surface area (Å²) in [5.74, 6) is 3.05. The molecule has 2 nitrogen and oxygen atoms in total. The van der Waals surface area contributed by atoms with Crippen molar-refractivity contribution in [1.29, 1.82) is 0 Å². The third kappa shape index (κ3) is 4.80. The molecule has 9 unspecified atom stereocenters. The minimum absolute atomic E-state index is 0.187. The van der Waals surface area contributed by atoms with Crippen molar-refractivity contribution in [3.05, 3.63) is 0 Å². The highest BCUT2D eigenvalue weighted by molar-refractivity contribution is 5.75. The molecule has 0 spiro atoms. The van der Waals surface area contributed by atoms with Gasteiger partial charge in [-0.3, -0.25) is 0 Å². The molecule has 9 atom stereocenters. The van der Waals surface area contributed by atoms with Crippen LogP contribution in [0.1, 0.15) is 112 Å². The molecule has 0 aliphatic heterocycles. The largest absolute Gasteiger partial charge is 0.490 e. The molecule has 0 N–H and O–H groups in total. The topological polar surface area (TPSA) is 26.3 Å². The molecule has 4 aliphatic rings. The highest BCUT2D eigenvalue weighted by atomic mass is 19.4. The van der Waals surface area contributed by atoms with Crippen LogP contribution in [-0.2, 0) is 9.53 Å². The predicted molar refractivity (Wildman–Crippen MR) is 129 cm³/mol. The molecule has 0 radical (unpaired) electrons. The molecule has 0 amide bonds. The molecule has 0 bridgehead atoms. The summed E-state index contributed by atoms with van der Waals surface area (Å²) in [7, 11) is 0. The van der Waals surface area contributed by atoms with Crippen molar-refractivity contribution >= 4 is 5.97 Å². The summed E-state index contributed by atoms with van der Waals surface area (Å²) in [6.07, 6.45) is 8.28. The Kier molecular flexibility index (Phi) is 7.44. The Morgan fingerprint density at radius 3 is 2.26 bits per heavy atom. The molecular weight excluding hydrogens is 437 g/mol. The van der Waals surface area contributed by atoms with Crippen LogP contribution in [0.4, 0.5) is 13.2 Å². The Morgan fingerprint density at radius 2 is 1.59 bits per heavy atom. The zero-order chi connectivity index (χ0) is 24.9. The number of hydrogen-bond donors (Lipinski definition) is 0. The van der Waals surface area contributed by atoms with Crippen molar-refractivity contribution < 1.29 is 22.7 Å². The Balaban J connectivity index is 1.41. The van der Waals surface area contributed by atoms with Crippen molar-refractivity contribution in [2.45, 2.75) is 124 Å². The summed E-state index contributed by atoms with van der Waals surface area (Å²) in [4.78, 5) is 11.4. The number of ether oxygens (including phenoxy) is 1. The maximum atomic E-state index is 12.7. The Bertz CT molecular complexity index is 733. The minimum atomic E-state index is -4.89. The van der Waals surface area contributed by atoms with Crippen molar-refractivity contribution in [1.82, 2.24) is 0 Å². The first-order valence-corrected chi connectivity index (χ1v) is 14.1. The van der Waals surface area contributed by atoms with Gasteiger partial charge in [-0.15, -0.1) is 0 Å². The van der Waals surface area contributed by atoms with E-state index in [1.54, 1.807) is 0 Å². The number of halogens is 3. The van der Waals surface area contributed by atoms with Gasteiger partial charge in [0.1, 0.15) is 6.10 Å². The van der Waals surface area contributed by atoms with Crippen LogP contribution < -0.4 is 0 Å². The maximum Gasteiger partial charge on any atom is 0.490 e. The van der Waals surface area contributed by atoms with Gasteiger partial charge in [-0.25, -0.2) is 4.79 Å². The van der Waals surface area contributed by atoms with E-state index in [0.29, 0.717) is 30.1 Å². The third-order valence-corrected chi connectivity index (χ3v) is 11.3. The zero-order valence-corrected chi connectivity index (χ0v) is 22.1. The van der Waals surface area contributed by atoms with E-state index in [0.717, 1.165) is 42.4 Å². The number of carbonyl (C=O) groups is 1. The van der Waals surface area contributed by atoms with Gasteiger partial charge in [0.25, 0.3) is 0 Å². The first-order valence-electron chi connectivity index (χ1n) is 14.1. The molecular formula is C29H47F3O2. The van der Waals surface area contributed by atoms with Gasteiger partial charge in [0.2, 0.25) is 0 Å². The van der Waals surface area contributed by atoms with Gasteiger partial charge in [-0.05, 0) is 110 Å². The predicted octanol–water partition coefficient (Wildman–Crippen LogP) is 8.58. The molecule has 4 fully saturated rings. The van der Waals surface area contributed by atoms with E-state index >= 15 is 0 Å². The van der Waals surface area contributed by atoms with Gasteiger partial charge in [-0.2, -0.15) is 13.2 Å². The molecule has 196 valence electrons. The molecule has 4 rings (SSSR count). The van der Waals surface area contributed by atoms with E-state index < -0.39 is 18.2 Å². The number of rotatable bonds is 6. The van der Waals surface area contributed by atoms with Gasteiger partial charge in [-0.1, -0.05) is 53.9 Å². The lowest BCUT2D eigenvalue weighted by Gasteiger charge is -2.61. The summed E-state index contributed by atoms with van der Waals surface area (Å²) in [6, 6.07) is 0. The van der Waals surface area contributed by atoms with Crippen molar-refractivity contribution in [3.63, 3.8) is 0 Å². The average molecular weight is 485 g/mol. The van der Waals surface area contributed by atoms with Gasteiger partial charge < -0.3 is 4.74 Å². The fraction of sp³-hybridized carbons (Fsp3) is 0.966. The van der Waals surface area contributed by atoms with E-state index in [9.17, 15) is 18.0 Å². The smallest absolute Gasteiger partial charge is 0.456 e. The SMILES string of the molecule is CC(C)CCCC(C)C1CCC2C3CCC4CC(OC(=O)C(F)(F)F)CCC4(C)C3CCC12C. The van der Waals surface area contributed by atoms with Crippen molar-refractivity contribution in [2.24, 2.45) is 52.3 Å². The van der Waals surface area contributed by atoms with Crippen LogP contribution >= 0.6 is 0 Å². The summed E-state index contributed by atoms with van der Waals surface area (Å²) < 4.78 is 43.0. The number of fused-ring (bicyclic) bond motifs is 5. The lowest BCUT2D eigenvalue weighted by atomic mass is 9.44. The van der Waals surface area contributed by atoms with Gasteiger partial charge >= 0.3 is 12.1 Å². The number of carbonyl (C=O) groups excluding carboxylic acids is 1. The lowest BCUT2D eigenvalue weighted by molar-refractivity contribution is -0.210. The molecule has 0 aromatic carbocycles. The average Bonchev–Trinajstić information content (AvgIpc) is 3.10. The van der Waals surface area contributed by atoms with Crippen molar-refractivity contribution in [2.75, 3.05) is 0 Å². The molecule has 4 saturated carbocycles. The Morgan fingerprint density at radius 1 is 0.912 bits per heavy atom. The molecule has 34 heavy (non-hydrogen) atoms. The standard InChI is InChI=1S/C29H47F3O2/c1-18(2)7-6-8-19(3)23-11-12-24-22-10-9-20-17-21(34-26(33)29(30,31)32)13-15-27(20,4)25(22)14-16-28(23,24)5/h18-25H,6-17H2,1-5H3. The Hall–Kier alpha value is -0.740. The highest BCUT2D eigenvalue weighted by Gasteiger charge is 2.61. The quantitative estimate of drug-likeness (QED) is 0.353. The second-order valence-corrected chi connectivity index (χ2v) is 13.5. The van der Waals surface area contributed by atoms with Gasteiger partial charge in [0.05, 0.1) is 0 Å². The summed E-state index contributed by atoms with van der Waals surface area (Å²) in [5.41, 5.74) is 0.646. The van der Waals surface area contributed by atoms with Crippen LogP contribution in [0, 0.1) is 52.3 Å². The summed E-state index contributed by atoms with van der Waals surface area (Å²) in [5, 5.41) is 0. The molecule has 4 aliphatic carbocycles. The molecule has 0 heterocycles. The number of hydrogen-bond acceptors (Lipinski definition) is 2. The number of esters is 1. The van der Waals surface area contributed by atoms with E-state index in [2.05, 4.69) is 34.6 Å². The lowest BCUT2D eigenvalue weighted by Crippen LogP contribution is -2.54. The van der Waals surface area contributed by atoms with Gasteiger partial charge in [0.15, 0.2) is 0 Å². The second kappa shape index (κ2) is 9.61. The van der Waals surface area contributed by atoms with E-state index in [1.165, 1.54) is 51.4 Å². The highest BCUT2D eigenvalue weighted by Crippen LogP contribution is 2.68. The monoisotopic (exact) mass is 484 g/mol. The first kappa shape index (κ1) is 26.3. The molecule has 0 aromatic rings. The molecule has 0 aromatic heterocycles. The van der Waals surface area contributed by atoms with E-state index in [-0.39, 0.29) is 5.41 Å². The van der Waals surface area contributed by atoms with Crippen LogP contribution in [0.3, 0.4) is 0 Å². The first-order chi connectivity index (χ1) is 15.9. The maximum absolute atomic E-state index is 12.7. The fourth-order valence-corrected chi connectivity index (χ4v) is 9.57. The van der Waals surface area contributed by atoms with Crippen LogP contribution in [0.25, 0.3) is 0 Å². The zero-order valence-electron chi connectivity index (χ0n) is 22.1. The van der Waals surface area contributed by atoms with E-state index in [4.69, 9.17) is 4.74 Å². The second-order valence-electron chi connectivity index (χ2n) is 13.5.